The molecule has 150 valence electrons. The molecule has 5 nitrogen and oxygen atoms in total. The highest BCUT2D eigenvalue weighted by molar-refractivity contribution is 5.85. The number of ether oxygens (including phenoxy) is 1. The number of hydrogen-bond acceptors (Lipinski definition) is 4. The van der Waals surface area contributed by atoms with Crippen LogP contribution in [0.3, 0.4) is 0 Å². The number of rotatable bonds is 7. The number of pyridine rings is 2. The normalized spacial score (nSPS) is 12.7. The van der Waals surface area contributed by atoms with Crippen molar-refractivity contribution in [3.8, 4) is 17.1 Å². The molecule has 28 heavy (non-hydrogen) atoms. The smallest absolute Gasteiger partial charge is 0.222 e. The van der Waals surface area contributed by atoms with Crippen molar-refractivity contribution in [2.24, 2.45) is 0 Å². The van der Waals surface area contributed by atoms with Gasteiger partial charge in [0, 0.05) is 11.9 Å². The van der Waals surface area contributed by atoms with Crippen LogP contribution in [0.5, 0.6) is 5.88 Å². The molecular weight excluding hydrogens is 350 g/mol. The van der Waals surface area contributed by atoms with Gasteiger partial charge in [-0.2, -0.15) is 0 Å². The number of aryl methyl sites for hydroxylation is 2. The zero-order chi connectivity index (χ0) is 20.4. The Kier molecular flexibility index (Phi) is 6.04. The van der Waals surface area contributed by atoms with Crippen molar-refractivity contribution >= 4 is 11.0 Å². The average Bonchev–Trinajstić information content (AvgIpc) is 3.03. The third kappa shape index (κ3) is 3.51. The molecule has 5 heteroatoms. The first-order valence-corrected chi connectivity index (χ1v) is 10.1. The summed E-state index contributed by atoms with van der Waals surface area (Å²) in [6.45, 7) is 10.7. The highest BCUT2D eigenvalue weighted by Gasteiger charge is 2.20. The van der Waals surface area contributed by atoms with Gasteiger partial charge >= 0.3 is 0 Å². The van der Waals surface area contributed by atoms with Crippen LogP contribution in [0.1, 0.15) is 62.9 Å². The van der Waals surface area contributed by atoms with E-state index in [2.05, 4.69) is 63.6 Å². The molecule has 0 aliphatic rings. The van der Waals surface area contributed by atoms with Crippen molar-refractivity contribution in [2.45, 2.75) is 59.4 Å². The Balaban J connectivity index is 2.24. The Bertz CT molecular complexity index is 972. The molecule has 0 radical (unpaired) electrons. The largest absolute Gasteiger partial charge is 0.480 e. The van der Waals surface area contributed by atoms with Crippen LogP contribution in [-0.4, -0.2) is 33.4 Å². The fraction of sp³-hybridized carbons (Fsp3) is 0.478. The maximum absolute atomic E-state index is 9.78. The van der Waals surface area contributed by atoms with Crippen molar-refractivity contribution in [3.05, 3.63) is 41.2 Å². The van der Waals surface area contributed by atoms with Crippen LogP contribution >= 0.6 is 0 Å². The molecule has 0 unspecified atom stereocenters. The van der Waals surface area contributed by atoms with Gasteiger partial charge in [0.1, 0.15) is 0 Å². The second-order valence-electron chi connectivity index (χ2n) is 7.63. The SMILES string of the molecule is CCc1cc2c(nc1-c1ccc(C(C)C)nc1OC)c(C)cn2[C@@H](CC)CO. The van der Waals surface area contributed by atoms with E-state index in [1.807, 2.05) is 0 Å². The van der Waals surface area contributed by atoms with Gasteiger partial charge in [-0.05, 0) is 55.0 Å². The van der Waals surface area contributed by atoms with Crippen LogP contribution in [0, 0.1) is 6.92 Å². The molecule has 3 rings (SSSR count). The third-order valence-electron chi connectivity index (χ3n) is 5.44. The molecule has 1 N–H and O–H groups in total. The Morgan fingerprint density at radius 1 is 1.18 bits per heavy atom. The number of aliphatic hydroxyl groups is 1. The van der Waals surface area contributed by atoms with Crippen LogP contribution in [0.2, 0.25) is 0 Å². The molecule has 0 aliphatic carbocycles. The Hall–Kier alpha value is -2.40. The van der Waals surface area contributed by atoms with Crippen molar-refractivity contribution in [1.29, 1.82) is 0 Å². The van der Waals surface area contributed by atoms with Gasteiger partial charge in [-0.1, -0.05) is 27.7 Å². The Labute approximate surface area is 167 Å². The van der Waals surface area contributed by atoms with Crippen LogP contribution in [0.4, 0.5) is 0 Å². The summed E-state index contributed by atoms with van der Waals surface area (Å²) in [5.41, 5.74) is 7.16. The van der Waals surface area contributed by atoms with Gasteiger partial charge in [0.15, 0.2) is 0 Å². The fourth-order valence-corrected chi connectivity index (χ4v) is 3.70. The van der Waals surface area contributed by atoms with E-state index in [9.17, 15) is 5.11 Å². The van der Waals surface area contributed by atoms with E-state index < -0.39 is 0 Å². The molecule has 0 fully saturated rings. The maximum atomic E-state index is 9.78. The predicted molar refractivity (Wildman–Crippen MR) is 114 cm³/mol. The van der Waals surface area contributed by atoms with Crippen molar-refractivity contribution < 1.29 is 9.84 Å². The van der Waals surface area contributed by atoms with E-state index in [0.29, 0.717) is 11.8 Å². The van der Waals surface area contributed by atoms with Crippen molar-refractivity contribution in [2.75, 3.05) is 13.7 Å². The highest BCUT2D eigenvalue weighted by Crippen LogP contribution is 2.35. The number of fused-ring (bicyclic) bond motifs is 1. The van der Waals surface area contributed by atoms with Gasteiger partial charge in [-0.25, -0.2) is 9.97 Å². The highest BCUT2D eigenvalue weighted by atomic mass is 16.5. The second kappa shape index (κ2) is 8.31. The first-order chi connectivity index (χ1) is 13.4. The quantitative estimate of drug-likeness (QED) is 0.622. The monoisotopic (exact) mass is 381 g/mol. The molecule has 1 atom stereocenters. The van der Waals surface area contributed by atoms with Gasteiger partial charge in [-0.3, -0.25) is 0 Å². The van der Waals surface area contributed by atoms with Crippen LogP contribution < -0.4 is 4.74 Å². The van der Waals surface area contributed by atoms with E-state index in [0.717, 1.165) is 52.0 Å². The lowest BCUT2D eigenvalue weighted by molar-refractivity contribution is 0.227. The van der Waals surface area contributed by atoms with Gasteiger partial charge < -0.3 is 14.4 Å². The zero-order valence-electron chi connectivity index (χ0n) is 17.8. The van der Waals surface area contributed by atoms with Crippen LogP contribution in [0.25, 0.3) is 22.3 Å². The number of hydrogen-bond donors (Lipinski definition) is 1. The first-order valence-electron chi connectivity index (χ1n) is 10.1. The average molecular weight is 382 g/mol. The molecule has 3 heterocycles. The molecule has 0 amide bonds. The summed E-state index contributed by atoms with van der Waals surface area (Å²) >= 11 is 0. The standard InChI is InChI=1S/C23H31N3O2/c1-7-16-11-20-21(15(5)12-26(20)17(8-2)13-27)25-22(16)18-9-10-19(14(3)4)24-23(18)28-6/h9-12,14,17,27H,7-8,13H2,1-6H3/t17-/m0/s1. The lowest BCUT2D eigenvalue weighted by atomic mass is 10.0. The van der Waals surface area contributed by atoms with Gasteiger partial charge in [-0.15, -0.1) is 0 Å². The molecule has 0 aliphatic heterocycles. The first kappa shape index (κ1) is 20.3. The van der Waals surface area contributed by atoms with Gasteiger partial charge in [0.05, 0.1) is 42.0 Å². The Morgan fingerprint density at radius 3 is 2.50 bits per heavy atom. The van der Waals surface area contributed by atoms with Crippen molar-refractivity contribution in [3.63, 3.8) is 0 Å². The Morgan fingerprint density at radius 2 is 1.93 bits per heavy atom. The lowest BCUT2D eigenvalue weighted by Crippen LogP contribution is -2.11. The summed E-state index contributed by atoms with van der Waals surface area (Å²) in [7, 11) is 1.66. The number of aromatic nitrogens is 3. The van der Waals surface area contributed by atoms with E-state index in [4.69, 9.17) is 14.7 Å². The molecule has 0 saturated heterocycles. The van der Waals surface area contributed by atoms with E-state index >= 15 is 0 Å². The number of methoxy groups -OCH3 is 1. The van der Waals surface area contributed by atoms with Gasteiger partial charge in [0.2, 0.25) is 5.88 Å². The lowest BCUT2D eigenvalue weighted by Gasteiger charge is -2.17. The van der Waals surface area contributed by atoms with E-state index in [1.165, 1.54) is 0 Å². The molecule has 3 aromatic rings. The molecule has 3 aromatic heterocycles. The zero-order valence-corrected chi connectivity index (χ0v) is 17.8. The maximum Gasteiger partial charge on any atom is 0.222 e. The molecular formula is C23H31N3O2. The van der Waals surface area contributed by atoms with Crippen LogP contribution in [0.15, 0.2) is 24.4 Å². The predicted octanol–water partition coefficient (Wildman–Crippen LogP) is 5.04. The fourth-order valence-electron chi connectivity index (χ4n) is 3.70. The van der Waals surface area contributed by atoms with E-state index in [1.54, 1.807) is 7.11 Å². The number of nitrogens with zero attached hydrogens (tertiary/aromatic N) is 3. The topological polar surface area (TPSA) is 60.2 Å². The minimum absolute atomic E-state index is 0.0649. The van der Waals surface area contributed by atoms with E-state index in [-0.39, 0.29) is 12.6 Å². The summed E-state index contributed by atoms with van der Waals surface area (Å²) < 4.78 is 7.79. The number of aliphatic hydroxyl groups excluding tert-OH is 1. The minimum Gasteiger partial charge on any atom is -0.480 e. The molecule has 0 bridgehead atoms. The summed E-state index contributed by atoms with van der Waals surface area (Å²) in [6.07, 6.45) is 3.83. The summed E-state index contributed by atoms with van der Waals surface area (Å²) in [5.74, 6) is 0.955. The summed E-state index contributed by atoms with van der Waals surface area (Å²) in [4.78, 5) is 9.75. The minimum atomic E-state index is 0.0649. The van der Waals surface area contributed by atoms with Gasteiger partial charge in [0.25, 0.3) is 0 Å². The van der Waals surface area contributed by atoms with Crippen molar-refractivity contribution in [1.82, 2.24) is 14.5 Å². The third-order valence-corrected chi connectivity index (χ3v) is 5.44. The van der Waals surface area contributed by atoms with Crippen LogP contribution in [-0.2, 0) is 6.42 Å². The summed E-state index contributed by atoms with van der Waals surface area (Å²) in [6, 6.07) is 6.41. The second-order valence-corrected chi connectivity index (χ2v) is 7.63. The summed E-state index contributed by atoms with van der Waals surface area (Å²) in [5, 5.41) is 9.78. The molecule has 0 aromatic carbocycles. The molecule has 0 saturated carbocycles. The molecule has 0 spiro atoms.